The topological polar surface area (TPSA) is 0 Å². The molecule has 0 radical (unpaired) electrons. The molecule has 0 amide bonds. The first-order chi connectivity index (χ1) is 6.66. The van der Waals surface area contributed by atoms with E-state index in [0.717, 1.165) is 11.8 Å². The number of hydrogen-bond acceptors (Lipinski definition) is 0. The quantitative estimate of drug-likeness (QED) is 0.434. The standard InChI is InChI=1S/C14H30/c1-5-6-7-8-9-10-11-14(4)12-13(2)3/h13-14H,5-12H2,1-4H3. The van der Waals surface area contributed by atoms with Crippen LogP contribution in [0.15, 0.2) is 0 Å². The number of rotatable bonds is 9. The molecule has 1 unspecified atom stereocenters. The van der Waals surface area contributed by atoms with Crippen LogP contribution in [0.25, 0.3) is 0 Å². The Bertz CT molecular complexity index is 105. The van der Waals surface area contributed by atoms with Crippen LogP contribution in [-0.2, 0) is 0 Å². The predicted octanol–water partition coefficient (Wildman–Crippen LogP) is 5.42. The molecule has 0 saturated carbocycles. The van der Waals surface area contributed by atoms with Crippen LogP contribution in [0.2, 0.25) is 0 Å². The summed E-state index contributed by atoms with van der Waals surface area (Å²) < 4.78 is 0. The summed E-state index contributed by atoms with van der Waals surface area (Å²) in [4.78, 5) is 0. The van der Waals surface area contributed by atoms with Crippen molar-refractivity contribution in [3.8, 4) is 0 Å². The molecule has 0 aromatic carbocycles. The van der Waals surface area contributed by atoms with Gasteiger partial charge in [-0.2, -0.15) is 0 Å². The zero-order chi connectivity index (χ0) is 10.8. The lowest BCUT2D eigenvalue weighted by molar-refractivity contribution is 0.397. The van der Waals surface area contributed by atoms with E-state index in [4.69, 9.17) is 0 Å². The normalized spacial score (nSPS) is 13.5. The molecule has 86 valence electrons. The highest BCUT2D eigenvalue weighted by Crippen LogP contribution is 2.18. The maximum Gasteiger partial charge on any atom is -0.0440 e. The van der Waals surface area contributed by atoms with Crippen LogP contribution in [0.3, 0.4) is 0 Å². The Labute approximate surface area is 91.5 Å². The van der Waals surface area contributed by atoms with E-state index in [2.05, 4.69) is 27.7 Å². The first-order valence-corrected chi connectivity index (χ1v) is 6.66. The fourth-order valence-corrected chi connectivity index (χ4v) is 2.20. The Morgan fingerprint density at radius 1 is 0.786 bits per heavy atom. The SMILES string of the molecule is CCCCCCCCC(C)CC(C)C. The summed E-state index contributed by atoms with van der Waals surface area (Å²) in [6.45, 7) is 9.35. The average molecular weight is 198 g/mol. The Morgan fingerprint density at radius 3 is 1.93 bits per heavy atom. The number of hydrogen-bond donors (Lipinski definition) is 0. The summed E-state index contributed by atoms with van der Waals surface area (Å²) >= 11 is 0. The summed E-state index contributed by atoms with van der Waals surface area (Å²) in [6.07, 6.45) is 11.5. The van der Waals surface area contributed by atoms with Gasteiger partial charge in [0.15, 0.2) is 0 Å². The van der Waals surface area contributed by atoms with Crippen molar-refractivity contribution in [3.63, 3.8) is 0 Å². The van der Waals surface area contributed by atoms with Gasteiger partial charge in [0, 0.05) is 0 Å². The molecule has 0 N–H and O–H groups in total. The maximum atomic E-state index is 2.41. The van der Waals surface area contributed by atoms with Crippen LogP contribution >= 0.6 is 0 Å². The molecular weight excluding hydrogens is 168 g/mol. The van der Waals surface area contributed by atoms with Gasteiger partial charge in [0.05, 0.1) is 0 Å². The lowest BCUT2D eigenvalue weighted by Crippen LogP contribution is -1.99. The van der Waals surface area contributed by atoms with Gasteiger partial charge in [0.1, 0.15) is 0 Å². The molecule has 0 rings (SSSR count). The second-order valence-corrected chi connectivity index (χ2v) is 5.29. The van der Waals surface area contributed by atoms with Gasteiger partial charge in [-0.3, -0.25) is 0 Å². The summed E-state index contributed by atoms with van der Waals surface area (Å²) in [5.74, 6) is 1.83. The number of unbranched alkanes of at least 4 members (excludes halogenated alkanes) is 5. The molecule has 0 spiro atoms. The van der Waals surface area contributed by atoms with Gasteiger partial charge in [-0.25, -0.2) is 0 Å². The minimum atomic E-state index is 0.880. The van der Waals surface area contributed by atoms with Crippen molar-refractivity contribution in [1.29, 1.82) is 0 Å². The third-order valence-corrected chi connectivity index (χ3v) is 2.92. The fraction of sp³-hybridized carbons (Fsp3) is 1.00. The molecule has 0 bridgehead atoms. The van der Waals surface area contributed by atoms with Gasteiger partial charge < -0.3 is 0 Å². The van der Waals surface area contributed by atoms with Gasteiger partial charge in [-0.05, 0) is 18.3 Å². The van der Waals surface area contributed by atoms with Crippen LogP contribution < -0.4 is 0 Å². The molecule has 0 fully saturated rings. The average Bonchev–Trinajstić information content (AvgIpc) is 2.10. The Hall–Kier alpha value is 0. The Kier molecular flexibility index (Phi) is 9.55. The summed E-state index contributed by atoms with van der Waals surface area (Å²) in [5.41, 5.74) is 0. The van der Waals surface area contributed by atoms with Crippen LogP contribution in [0.4, 0.5) is 0 Å². The van der Waals surface area contributed by atoms with Crippen molar-refractivity contribution in [2.24, 2.45) is 11.8 Å². The minimum absolute atomic E-state index is 0.880. The highest BCUT2D eigenvalue weighted by molar-refractivity contribution is 4.56. The van der Waals surface area contributed by atoms with E-state index >= 15 is 0 Å². The molecule has 0 aromatic heterocycles. The van der Waals surface area contributed by atoms with Gasteiger partial charge in [0.2, 0.25) is 0 Å². The summed E-state index contributed by atoms with van der Waals surface area (Å²) in [6, 6.07) is 0. The van der Waals surface area contributed by atoms with E-state index in [0.29, 0.717) is 0 Å². The second-order valence-electron chi connectivity index (χ2n) is 5.29. The third-order valence-electron chi connectivity index (χ3n) is 2.92. The second kappa shape index (κ2) is 9.55. The minimum Gasteiger partial charge on any atom is -0.0654 e. The monoisotopic (exact) mass is 198 g/mol. The fourth-order valence-electron chi connectivity index (χ4n) is 2.20. The molecule has 0 nitrogen and oxygen atoms in total. The van der Waals surface area contributed by atoms with Gasteiger partial charge >= 0.3 is 0 Å². The zero-order valence-electron chi connectivity index (χ0n) is 10.8. The highest BCUT2D eigenvalue weighted by Gasteiger charge is 2.04. The van der Waals surface area contributed by atoms with E-state index in [9.17, 15) is 0 Å². The molecule has 0 heterocycles. The molecular formula is C14H30. The van der Waals surface area contributed by atoms with Crippen molar-refractivity contribution in [3.05, 3.63) is 0 Å². The largest absolute Gasteiger partial charge is 0.0654 e. The molecule has 14 heavy (non-hydrogen) atoms. The molecule has 0 aliphatic rings. The summed E-state index contributed by atoms with van der Waals surface area (Å²) in [5, 5.41) is 0. The molecule has 0 aromatic rings. The Morgan fingerprint density at radius 2 is 1.36 bits per heavy atom. The van der Waals surface area contributed by atoms with Crippen molar-refractivity contribution in [2.45, 2.75) is 79.1 Å². The highest BCUT2D eigenvalue weighted by atomic mass is 14.1. The maximum absolute atomic E-state index is 2.41. The van der Waals surface area contributed by atoms with Gasteiger partial charge in [-0.1, -0.05) is 72.6 Å². The summed E-state index contributed by atoms with van der Waals surface area (Å²) in [7, 11) is 0. The van der Waals surface area contributed by atoms with E-state index in [-0.39, 0.29) is 0 Å². The van der Waals surface area contributed by atoms with Crippen LogP contribution in [-0.4, -0.2) is 0 Å². The molecule has 0 aliphatic heterocycles. The van der Waals surface area contributed by atoms with Crippen molar-refractivity contribution in [1.82, 2.24) is 0 Å². The van der Waals surface area contributed by atoms with Crippen molar-refractivity contribution >= 4 is 0 Å². The molecule has 0 heteroatoms. The smallest absolute Gasteiger partial charge is 0.0440 e. The Balaban J connectivity index is 3.10. The van der Waals surface area contributed by atoms with Crippen molar-refractivity contribution in [2.75, 3.05) is 0 Å². The first kappa shape index (κ1) is 14.0. The van der Waals surface area contributed by atoms with Crippen LogP contribution in [0.1, 0.15) is 79.1 Å². The molecule has 0 saturated heterocycles. The van der Waals surface area contributed by atoms with E-state index in [1.807, 2.05) is 0 Å². The van der Waals surface area contributed by atoms with E-state index < -0.39 is 0 Å². The van der Waals surface area contributed by atoms with E-state index in [1.165, 1.54) is 51.4 Å². The van der Waals surface area contributed by atoms with Crippen LogP contribution in [0, 0.1) is 11.8 Å². The van der Waals surface area contributed by atoms with Crippen molar-refractivity contribution < 1.29 is 0 Å². The lowest BCUT2D eigenvalue weighted by Gasteiger charge is -2.13. The predicted molar refractivity (Wildman–Crippen MR) is 66.6 cm³/mol. The first-order valence-electron chi connectivity index (χ1n) is 6.66. The molecule has 0 aliphatic carbocycles. The van der Waals surface area contributed by atoms with Gasteiger partial charge in [-0.15, -0.1) is 0 Å². The zero-order valence-corrected chi connectivity index (χ0v) is 10.8. The van der Waals surface area contributed by atoms with E-state index in [1.54, 1.807) is 0 Å². The lowest BCUT2D eigenvalue weighted by atomic mass is 9.93. The van der Waals surface area contributed by atoms with Crippen LogP contribution in [0.5, 0.6) is 0 Å². The van der Waals surface area contributed by atoms with Gasteiger partial charge in [0.25, 0.3) is 0 Å². The molecule has 1 atom stereocenters. The third kappa shape index (κ3) is 10.1.